The second kappa shape index (κ2) is 6.65. The van der Waals surface area contributed by atoms with Gasteiger partial charge in [0, 0.05) is 18.0 Å². The highest BCUT2D eigenvalue weighted by molar-refractivity contribution is 7.90. The van der Waals surface area contributed by atoms with Gasteiger partial charge in [0.2, 0.25) is 0 Å². The third-order valence-electron chi connectivity index (χ3n) is 3.75. The van der Waals surface area contributed by atoms with Gasteiger partial charge in [-0.1, -0.05) is 0 Å². The van der Waals surface area contributed by atoms with E-state index in [9.17, 15) is 26.4 Å². The maximum Gasteiger partial charge on any atom is 0.417 e. The van der Waals surface area contributed by atoms with E-state index in [0.717, 1.165) is 22.9 Å². The van der Waals surface area contributed by atoms with Gasteiger partial charge in [-0.3, -0.25) is 9.20 Å². The highest BCUT2D eigenvalue weighted by Gasteiger charge is 2.31. The van der Waals surface area contributed by atoms with Crippen molar-refractivity contribution >= 4 is 21.4 Å². The first-order chi connectivity index (χ1) is 12.6. The van der Waals surface area contributed by atoms with Crippen molar-refractivity contribution in [2.24, 2.45) is 0 Å². The number of nitrogens with one attached hydrogen (secondary N) is 1. The number of nitrogens with zero attached hydrogens (tertiary/aromatic N) is 3. The van der Waals surface area contributed by atoms with Crippen molar-refractivity contribution in [3.8, 4) is 0 Å². The standard InChI is InChI=1S/C16H13F3N4O3S/c1-27(25,26)12-5-2-10(3-6-12)15(24)20-8-14-22-21-13-7-4-11(9-23(13)14)16(17,18)19/h2-7,9H,8H2,1H3,(H,20,24). The molecule has 1 aromatic carbocycles. The third kappa shape index (κ3) is 4.08. The van der Waals surface area contributed by atoms with Gasteiger partial charge < -0.3 is 5.32 Å². The summed E-state index contributed by atoms with van der Waals surface area (Å²) in [5, 5.41) is 10.1. The number of amides is 1. The summed E-state index contributed by atoms with van der Waals surface area (Å²) in [5.74, 6) is -0.406. The lowest BCUT2D eigenvalue weighted by Gasteiger charge is -2.08. The highest BCUT2D eigenvalue weighted by Crippen LogP contribution is 2.29. The zero-order valence-electron chi connectivity index (χ0n) is 13.9. The first kappa shape index (κ1) is 18.8. The van der Waals surface area contributed by atoms with Crippen LogP contribution in [0, 0.1) is 0 Å². The molecular weight excluding hydrogens is 385 g/mol. The molecule has 1 amide bonds. The molecule has 142 valence electrons. The topological polar surface area (TPSA) is 93.4 Å². The molecule has 11 heteroatoms. The van der Waals surface area contributed by atoms with E-state index in [-0.39, 0.29) is 28.5 Å². The number of aromatic nitrogens is 3. The molecule has 0 spiro atoms. The molecule has 2 aromatic heterocycles. The van der Waals surface area contributed by atoms with E-state index >= 15 is 0 Å². The van der Waals surface area contributed by atoms with Crippen LogP contribution in [0.15, 0.2) is 47.5 Å². The summed E-state index contributed by atoms with van der Waals surface area (Å²) in [5.41, 5.74) is -0.448. The molecule has 3 rings (SSSR count). The van der Waals surface area contributed by atoms with Gasteiger partial charge in [-0.2, -0.15) is 13.2 Å². The van der Waals surface area contributed by atoms with Gasteiger partial charge in [0.05, 0.1) is 17.0 Å². The molecule has 7 nitrogen and oxygen atoms in total. The Morgan fingerprint density at radius 1 is 1.11 bits per heavy atom. The van der Waals surface area contributed by atoms with Crippen LogP contribution >= 0.6 is 0 Å². The Hall–Kier alpha value is -2.95. The lowest BCUT2D eigenvalue weighted by Crippen LogP contribution is -2.24. The van der Waals surface area contributed by atoms with Gasteiger partial charge in [0.25, 0.3) is 5.91 Å². The second-order valence-corrected chi connectivity index (χ2v) is 7.75. The number of pyridine rings is 1. The molecule has 27 heavy (non-hydrogen) atoms. The average Bonchev–Trinajstić information content (AvgIpc) is 3.00. The Kier molecular flexibility index (Phi) is 4.64. The molecule has 0 bridgehead atoms. The molecule has 0 aliphatic carbocycles. The van der Waals surface area contributed by atoms with Gasteiger partial charge in [0.1, 0.15) is 0 Å². The monoisotopic (exact) mass is 398 g/mol. The fraction of sp³-hybridized carbons (Fsp3) is 0.188. The van der Waals surface area contributed by atoms with Gasteiger partial charge in [0.15, 0.2) is 21.3 Å². The van der Waals surface area contributed by atoms with Crippen LogP contribution in [0.5, 0.6) is 0 Å². The van der Waals surface area contributed by atoms with Gasteiger partial charge in [-0.05, 0) is 36.4 Å². The molecule has 0 saturated heterocycles. The second-order valence-electron chi connectivity index (χ2n) is 5.74. The third-order valence-corrected chi connectivity index (χ3v) is 4.88. The van der Waals surface area contributed by atoms with Gasteiger partial charge >= 0.3 is 6.18 Å². The van der Waals surface area contributed by atoms with Crippen LogP contribution < -0.4 is 5.32 Å². The fourth-order valence-corrected chi connectivity index (χ4v) is 2.97. The van der Waals surface area contributed by atoms with Crippen LogP contribution in [0.3, 0.4) is 0 Å². The van der Waals surface area contributed by atoms with E-state index in [1.54, 1.807) is 0 Å². The fourth-order valence-electron chi connectivity index (χ4n) is 2.34. The molecule has 0 atom stereocenters. The summed E-state index contributed by atoms with van der Waals surface area (Å²) in [6.45, 7) is -0.158. The van der Waals surface area contributed by atoms with Crippen molar-refractivity contribution in [1.29, 1.82) is 0 Å². The number of hydrogen-bond donors (Lipinski definition) is 1. The summed E-state index contributed by atoms with van der Waals surface area (Å²) in [6.07, 6.45) is -2.61. The Bertz CT molecular complexity index is 1110. The lowest BCUT2D eigenvalue weighted by atomic mass is 10.2. The van der Waals surface area contributed by atoms with E-state index in [0.29, 0.717) is 0 Å². The summed E-state index contributed by atoms with van der Waals surface area (Å²) in [6, 6.07) is 7.37. The molecule has 0 aliphatic rings. The van der Waals surface area contributed by atoms with Crippen molar-refractivity contribution < 1.29 is 26.4 Å². The van der Waals surface area contributed by atoms with Crippen LogP contribution in [0.4, 0.5) is 13.2 Å². The van der Waals surface area contributed by atoms with Gasteiger partial charge in [-0.15, -0.1) is 10.2 Å². The molecule has 0 aliphatic heterocycles. The van der Waals surface area contributed by atoms with Crippen LogP contribution in [0.2, 0.25) is 0 Å². The predicted octanol–water partition coefficient (Wildman–Crippen LogP) is 2.08. The van der Waals surface area contributed by atoms with Crippen LogP contribution in [-0.4, -0.2) is 35.2 Å². The van der Waals surface area contributed by atoms with E-state index < -0.39 is 27.5 Å². The predicted molar refractivity (Wildman–Crippen MR) is 88.7 cm³/mol. The molecule has 0 unspecified atom stereocenters. The zero-order chi connectivity index (χ0) is 19.8. The number of hydrogen-bond acceptors (Lipinski definition) is 5. The first-order valence-corrected chi connectivity index (χ1v) is 9.44. The summed E-state index contributed by atoms with van der Waals surface area (Å²) in [4.78, 5) is 12.2. The minimum Gasteiger partial charge on any atom is -0.345 e. The van der Waals surface area contributed by atoms with Crippen LogP contribution in [0.1, 0.15) is 21.7 Å². The number of benzene rings is 1. The minimum atomic E-state index is -4.51. The Labute approximate surface area is 151 Å². The van der Waals surface area contributed by atoms with Crippen molar-refractivity contribution in [3.05, 3.63) is 59.5 Å². The van der Waals surface area contributed by atoms with Gasteiger partial charge in [-0.25, -0.2) is 8.42 Å². The summed E-state index contributed by atoms with van der Waals surface area (Å²) in [7, 11) is -3.38. The van der Waals surface area contributed by atoms with Crippen molar-refractivity contribution in [1.82, 2.24) is 19.9 Å². The van der Waals surface area contributed by atoms with E-state index in [2.05, 4.69) is 15.5 Å². The number of halogens is 3. The van der Waals surface area contributed by atoms with E-state index in [4.69, 9.17) is 0 Å². The number of rotatable bonds is 4. The van der Waals surface area contributed by atoms with E-state index in [1.807, 2.05) is 0 Å². The van der Waals surface area contributed by atoms with Crippen LogP contribution in [0.25, 0.3) is 5.65 Å². The minimum absolute atomic E-state index is 0.0715. The van der Waals surface area contributed by atoms with Crippen molar-refractivity contribution in [2.75, 3.05) is 6.26 Å². The average molecular weight is 398 g/mol. The first-order valence-electron chi connectivity index (χ1n) is 7.55. The molecule has 0 radical (unpaired) electrons. The number of carbonyl (C=O) groups is 1. The molecule has 3 aromatic rings. The molecule has 2 heterocycles. The maximum atomic E-state index is 12.8. The number of alkyl halides is 3. The normalized spacial score (nSPS) is 12.3. The SMILES string of the molecule is CS(=O)(=O)c1ccc(C(=O)NCc2nnc3ccc(C(F)(F)F)cn23)cc1. The quantitative estimate of drug-likeness (QED) is 0.726. The molecule has 0 saturated carbocycles. The number of carbonyl (C=O) groups excluding carboxylic acids is 1. The molecule has 1 N–H and O–H groups in total. The van der Waals surface area contributed by atoms with E-state index in [1.165, 1.54) is 30.3 Å². The smallest absolute Gasteiger partial charge is 0.345 e. The van der Waals surface area contributed by atoms with Crippen molar-refractivity contribution in [3.63, 3.8) is 0 Å². The number of sulfone groups is 1. The summed E-state index contributed by atoms with van der Waals surface area (Å²) < 4.78 is 62.5. The molecule has 0 fully saturated rings. The zero-order valence-corrected chi connectivity index (χ0v) is 14.7. The highest BCUT2D eigenvalue weighted by atomic mass is 32.2. The number of fused-ring (bicyclic) bond motifs is 1. The Morgan fingerprint density at radius 3 is 2.37 bits per heavy atom. The van der Waals surface area contributed by atoms with Crippen LogP contribution in [-0.2, 0) is 22.6 Å². The van der Waals surface area contributed by atoms with Crippen molar-refractivity contribution in [2.45, 2.75) is 17.6 Å². The largest absolute Gasteiger partial charge is 0.417 e. The maximum absolute atomic E-state index is 12.8. The Morgan fingerprint density at radius 2 is 1.78 bits per heavy atom. The summed E-state index contributed by atoms with van der Waals surface area (Å²) >= 11 is 0. The Balaban J connectivity index is 1.77. The molecular formula is C16H13F3N4O3S. The lowest BCUT2D eigenvalue weighted by molar-refractivity contribution is -0.137.